The van der Waals surface area contributed by atoms with Crippen molar-refractivity contribution < 1.29 is 9.48 Å². The van der Waals surface area contributed by atoms with Crippen molar-refractivity contribution in [2.24, 2.45) is 5.92 Å². The molecule has 5 nitrogen and oxygen atoms in total. The van der Waals surface area contributed by atoms with Gasteiger partial charge in [-0.25, -0.2) is 0 Å². The van der Waals surface area contributed by atoms with Crippen molar-refractivity contribution >= 4 is 28.8 Å². The van der Waals surface area contributed by atoms with Gasteiger partial charge in [-0.2, -0.15) is 5.01 Å². The minimum atomic E-state index is 0.132. The van der Waals surface area contributed by atoms with Gasteiger partial charge in [0.15, 0.2) is 0 Å². The van der Waals surface area contributed by atoms with Crippen molar-refractivity contribution in [1.82, 2.24) is 15.0 Å². The lowest BCUT2D eigenvalue weighted by molar-refractivity contribution is -0.599. The zero-order valence-corrected chi connectivity index (χ0v) is 17.8. The highest BCUT2D eigenvalue weighted by molar-refractivity contribution is 5.84. The molecular formula is C27H25N4O+. The molecule has 1 saturated heterocycles. The van der Waals surface area contributed by atoms with Crippen LogP contribution in [-0.2, 0) is 17.6 Å². The highest BCUT2D eigenvalue weighted by Gasteiger charge is 2.35. The molecule has 158 valence electrons. The van der Waals surface area contributed by atoms with Crippen molar-refractivity contribution in [3.8, 4) is 0 Å². The molecule has 1 fully saturated rings. The number of hydrazone groups is 1. The number of rotatable bonds is 6. The fraction of sp³-hybridized carbons (Fsp3) is 0.185. The molecule has 5 heteroatoms. The van der Waals surface area contributed by atoms with Crippen molar-refractivity contribution in [2.45, 2.75) is 19.3 Å². The Hall–Kier alpha value is -3.86. The number of fused-ring (bicyclic) bond motifs is 1. The average molecular weight is 422 g/mol. The van der Waals surface area contributed by atoms with Crippen LogP contribution in [-0.4, -0.2) is 38.3 Å². The van der Waals surface area contributed by atoms with Crippen LogP contribution < -0.4 is 0 Å². The van der Waals surface area contributed by atoms with Crippen molar-refractivity contribution in [2.75, 3.05) is 6.54 Å². The van der Waals surface area contributed by atoms with Crippen LogP contribution in [0.15, 0.2) is 91.3 Å². The number of pyridine rings is 2. The first kappa shape index (κ1) is 20.1. The van der Waals surface area contributed by atoms with Crippen LogP contribution in [0.4, 0.5) is 5.82 Å². The van der Waals surface area contributed by atoms with E-state index in [1.54, 1.807) is 6.20 Å². The molecule has 0 bridgehead atoms. The van der Waals surface area contributed by atoms with E-state index in [0.717, 1.165) is 23.1 Å². The number of hydrogen-bond donors (Lipinski definition) is 0. The van der Waals surface area contributed by atoms with Crippen molar-refractivity contribution in [3.63, 3.8) is 0 Å². The number of carbonyl (C=O) groups is 1. The molecule has 1 aliphatic rings. The summed E-state index contributed by atoms with van der Waals surface area (Å²) in [4.78, 5) is 22.0. The van der Waals surface area contributed by atoms with Gasteiger partial charge in [-0.15, -0.1) is 4.68 Å². The average Bonchev–Trinajstić information content (AvgIpc) is 3.20. The molecule has 3 heterocycles. The van der Waals surface area contributed by atoms with Gasteiger partial charge in [0.2, 0.25) is 0 Å². The Kier molecular flexibility index (Phi) is 5.71. The summed E-state index contributed by atoms with van der Waals surface area (Å²) in [6.07, 6.45) is 7.78. The van der Waals surface area contributed by atoms with Gasteiger partial charge in [0.25, 0.3) is 5.91 Å². The largest absolute Gasteiger partial charge is 0.346 e. The first-order valence-electron chi connectivity index (χ1n) is 11.0. The first-order chi connectivity index (χ1) is 15.8. The van der Waals surface area contributed by atoms with Crippen LogP contribution in [0, 0.1) is 5.92 Å². The van der Waals surface area contributed by atoms with Gasteiger partial charge < -0.3 is 0 Å². The Labute approximate surface area is 187 Å². The number of amides is 1. The summed E-state index contributed by atoms with van der Waals surface area (Å²) in [5.74, 6) is 1.17. The first-order valence-corrected chi connectivity index (χ1v) is 11.0. The predicted octanol–water partition coefficient (Wildman–Crippen LogP) is 4.59. The fourth-order valence-corrected chi connectivity index (χ4v) is 4.38. The number of hydrogen-bond acceptors (Lipinski definition) is 3. The molecule has 4 aromatic rings. The highest BCUT2D eigenvalue weighted by Crippen LogP contribution is 2.25. The summed E-state index contributed by atoms with van der Waals surface area (Å²) < 4.78 is 1.93. The molecule has 1 aliphatic heterocycles. The minimum Gasteiger partial charge on any atom is -0.271 e. The van der Waals surface area contributed by atoms with Gasteiger partial charge in [-0.05, 0) is 46.6 Å². The topological polar surface area (TPSA) is 49.1 Å². The maximum atomic E-state index is 13.0. The highest BCUT2D eigenvalue weighted by atomic mass is 16.2. The Bertz CT molecular complexity index is 1250. The van der Waals surface area contributed by atoms with E-state index in [1.807, 2.05) is 64.4 Å². The summed E-state index contributed by atoms with van der Waals surface area (Å²) in [6.45, 7) is 0.678. The molecule has 1 amide bonds. The quantitative estimate of drug-likeness (QED) is 0.338. The molecule has 0 radical (unpaired) electrons. The Morgan fingerprint density at radius 3 is 2.56 bits per heavy atom. The second kappa shape index (κ2) is 9.10. The lowest BCUT2D eigenvalue weighted by Gasteiger charge is -2.17. The molecule has 5 rings (SSSR count). The lowest BCUT2D eigenvalue weighted by Crippen LogP contribution is -2.35. The molecule has 0 N–H and O–H groups in total. The molecular weight excluding hydrogens is 396 g/mol. The van der Waals surface area contributed by atoms with Gasteiger partial charge in [-0.1, -0.05) is 54.6 Å². The van der Waals surface area contributed by atoms with Gasteiger partial charge in [-0.3, -0.25) is 9.78 Å². The summed E-state index contributed by atoms with van der Waals surface area (Å²) >= 11 is 0. The maximum Gasteiger partial charge on any atom is 0.346 e. The standard InChI is InChI=1S/C27H25N4O/c32-27-19-22(18-21-8-2-1-3-9-21)20-31(27)30(26-12-6-7-15-29-26)17-14-23-13-16-28-25-11-5-4-10-24(23)25/h1-13,15-17,22H,14,18-20H2/q+1. The number of nitrogens with zero attached hydrogens (tertiary/aromatic N) is 4. The van der Waals surface area contributed by atoms with Crippen molar-refractivity contribution in [3.05, 3.63) is 102 Å². The smallest absolute Gasteiger partial charge is 0.271 e. The number of benzene rings is 2. The molecule has 2 aromatic carbocycles. The summed E-state index contributed by atoms with van der Waals surface area (Å²) in [7, 11) is 0. The van der Waals surface area contributed by atoms with E-state index in [1.165, 1.54) is 11.1 Å². The predicted molar refractivity (Wildman–Crippen MR) is 126 cm³/mol. The third kappa shape index (κ3) is 4.28. The van der Waals surface area contributed by atoms with E-state index >= 15 is 0 Å². The minimum absolute atomic E-state index is 0.132. The van der Waals surface area contributed by atoms with Gasteiger partial charge in [0.1, 0.15) is 12.4 Å². The molecule has 1 unspecified atom stereocenters. The lowest BCUT2D eigenvalue weighted by atomic mass is 9.99. The second-order valence-corrected chi connectivity index (χ2v) is 8.14. The van der Waals surface area contributed by atoms with Crippen LogP contribution in [0.1, 0.15) is 17.5 Å². The van der Waals surface area contributed by atoms with Crippen LogP contribution in [0.5, 0.6) is 0 Å². The van der Waals surface area contributed by atoms with Gasteiger partial charge in [0, 0.05) is 30.5 Å². The number of carbonyl (C=O) groups excluding carboxylic acids is 1. The van der Waals surface area contributed by atoms with Crippen molar-refractivity contribution in [1.29, 1.82) is 0 Å². The molecule has 0 spiro atoms. The number of hydrazine groups is 1. The number of para-hydroxylation sites is 1. The third-order valence-electron chi connectivity index (χ3n) is 5.92. The van der Waals surface area contributed by atoms with E-state index < -0.39 is 0 Å². The maximum absolute atomic E-state index is 13.0. The third-order valence-corrected chi connectivity index (χ3v) is 5.92. The van der Waals surface area contributed by atoms with E-state index in [9.17, 15) is 4.79 Å². The fourth-order valence-electron chi connectivity index (χ4n) is 4.38. The zero-order valence-electron chi connectivity index (χ0n) is 17.8. The van der Waals surface area contributed by atoms with E-state index in [-0.39, 0.29) is 11.8 Å². The van der Waals surface area contributed by atoms with E-state index in [4.69, 9.17) is 0 Å². The molecule has 0 aliphatic carbocycles. The second-order valence-electron chi connectivity index (χ2n) is 8.14. The Morgan fingerprint density at radius 1 is 0.906 bits per heavy atom. The summed E-state index contributed by atoms with van der Waals surface area (Å²) in [5.41, 5.74) is 3.41. The molecule has 1 atom stereocenters. The normalized spacial score (nSPS) is 16.6. The Balaban J connectivity index is 1.44. The van der Waals surface area contributed by atoms with Gasteiger partial charge in [0.05, 0.1) is 12.1 Å². The zero-order chi connectivity index (χ0) is 21.8. The van der Waals surface area contributed by atoms with Gasteiger partial charge >= 0.3 is 5.82 Å². The molecule has 32 heavy (non-hydrogen) atoms. The van der Waals surface area contributed by atoms with E-state index in [0.29, 0.717) is 19.4 Å². The monoisotopic (exact) mass is 421 g/mol. The van der Waals surface area contributed by atoms with Crippen LogP contribution in [0.2, 0.25) is 0 Å². The summed E-state index contributed by atoms with van der Waals surface area (Å²) in [5, 5.41) is 2.97. The SMILES string of the molecule is O=C1CC(Cc2ccccc2)CN1[N+](=CCc1ccnc2ccccc12)c1ccccn1. The molecule has 2 aromatic heterocycles. The number of aromatic nitrogens is 2. The van der Waals surface area contributed by atoms with Crippen LogP contribution >= 0.6 is 0 Å². The molecule has 0 saturated carbocycles. The van der Waals surface area contributed by atoms with Crippen LogP contribution in [0.25, 0.3) is 10.9 Å². The van der Waals surface area contributed by atoms with Crippen LogP contribution in [0.3, 0.4) is 0 Å². The Morgan fingerprint density at radius 2 is 1.72 bits per heavy atom. The summed E-state index contributed by atoms with van der Waals surface area (Å²) in [6, 6.07) is 26.4. The van der Waals surface area contributed by atoms with E-state index in [2.05, 4.69) is 46.5 Å².